The lowest BCUT2D eigenvalue weighted by atomic mass is 10.2. The lowest BCUT2D eigenvalue weighted by molar-refractivity contribution is -0.385. The molecular formula is C11H13N3O3S. The summed E-state index contributed by atoms with van der Waals surface area (Å²) in [6.45, 7) is 1.67. The van der Waals surface area contributed by atoms with Gasteiger partial charge in [0.05, 0.1) is 11.0 Å². The minimum absolute atomic E-state index is 0.0153. The van der Waals surface area contributed by atoms with Crippen LogP contribution in [0.2, 0.25) is 0 Å². The molecule has 2 N–H and O–H groups in total. The normalized spacial score (nSPS) is 18.6. The van der Waals surface area contributed by atoms with E-state index in [-0.39, 0.29) is 17.6 Å². The molecule has 1 amide bonds. The van der Waals surface area contributed by atoms with Crippen molar-refractivity contribution in [3.8, 4) is 0 Å². The number of nitrogens with zero attached hydrogens (tertiary/aromatic N) is 1. The van der Waals surface area contributed by atoms with Gasteiger partial charge in [0.25, 0.3) is 5.69 Å². The first kappa shape index (κ1) is 12.8. The Morgan fingerprint density at radius 3 is 3.00 bits per heavy atom. The number of nitro groups is 1. The van der Waals surface area contributed by atoms with Crippen molar-refractivity contribution in [2.45, 2.75) is 13.0 Å². The summed E-state index contributed by atoms with van der Waals surface area (Å²) in [5.74, 6) is 1.32. The van der Waals surface area contributed by atoms with Crippen LogP contribution in [0.4, 0.5) is 11.4 Å². The number of rotatable bonds is 3. The molecular weight excluding hydrogens is 254 g/mol. The van der Waals surface area contributed by atoms with Crippen molar-refractivity contribution >= 4 is 29.0 Å². The van der Waals surface area contributed by atoms with Crippen molar-refractivity contribution in [2.24, 2.45) is 0 Å². The van der Waals surface area contributed by atoms with E-state index in [9.17, 15) is 14.9 Å². The molecule has 1 aromatic rings. The molecule has 1 unspecified atom stereocenters. The van der Waals surface area contributed by atoms with E-state index in [1.807, 2.05) is 0 Å². The summed E-state index contributed by atoms with van der Waals surface area (Å²) in [5, 5.41) is 16.5. The Kier molecular flexibility index (Phi) is 3.83. The molecule has 7 heteroatoms. The molecule has 1 atom stereocenters. The Labute approximate surface area is 108 Å². The number of nitrogens with one attached hydrogen (secondary N) is 2. The summed E-state index contributed by atoms with van der Waals surface area (Å²) in [4.78, 5) is 22.2. The SMILES string of the molecule is Cc1ccc(NC(=O)C2CSCN2)cc1[N+](=O)[O-]. The van der Waals surface area contributed by atoms with Gasteiger partial charge in [-0.1, -0.05) is 6.07 Å². The van der Waals surface area contributed by atoms with E-state index >= 15 is 0 Å². The van der Waals surface area contributed by atoms with Crippen LogP contribution in [0.3, 0.4) is 0 Å². The van der Waals surface area contributed by atoms with Crippen LogP contribution >= 0.6 is 11.8 Å². The second-order valence-corrected chi connectivity index (χ2v) is 5.05. The van der Waals surface area contributed by atoms with Crippen LogP contribution in [0.5, 0.6) is 0 Å². The van der Waals surface area contributed by atoms with Gasteiger partial charge in [-0.3, -0.25) is 20.2 Å². The number of carbonyl (C=O) groups is 1. The molecule has 1 aliphatic heterocycles. The van der Waals surface area contributed by atoms with E-state index in [4.69, 9.17) is 0 Å². The Hall–Kier alpha value is -1.60. The van der Waals surface area contributed by atoms with Crippen molar-refractivity contribution in [1.29, 1.82) is 0 Å². The summed E-state index contributed by atoms with van der Waals surface area (Å²) >= 11 is 1.65. The Morgan fingerprint density at radius 2 is 2.39 bits per heavy atom. The highest BCUT2D eigenvalue weighted by molar-refractivity contribution is 7.99. The molecule has 0 spiro atoms. The minimum Gasteiger partial charge on any atom is -0.324 e. The summed E-state index contributed by atoms with van der Waals surface area (Å²) < 4.78 is 0. The van der Waals surface area contributed by atoms with E-state index in [2.05, 4.69) is 10.6 Å². The average Bonchev–Trinajstić information content (AvgIpc) is 2.85. The highest BCUT2D eigenvalue weighted by Gasteiger charge is 2.23. The van der Waals surface area contributed by atoms with Crippen molar-refractivity contribution in [3.63, 3.8) is 0 Å². The zero-order valence-corrected chi connectivity index (χ0v) is 10.6. The monoisotopic (exact) mass is 267 g/mol. The van der Waals surface area contributed by atoms with Gasteiger partial charge in [0, 0.05) is 28.9 Å². The first-order valence-electron chi connectivity index (χ1n) is 5.45. The zero-order valence-electron chi connectivity index (χ0n) is 9.80. The largest absolute Gasteiger partial charge is 0.324 e. The van der Waals surface area contributed by atoms with E-state index in [0.717, 1.165) is 11.6 Å². The van der Waals surface area contributed by atoms with Gasteiger partial charge >= 0.3 is 0 Å². The lowest BCUT2D eigenvalue weighted by Crippen LogP contribution is -2.37. The molecule has 1 aliphatic rings. The predicted molar refractivity (Wildman–Crippen MR) is 70.7 cm³/mol. The van der Waals surface area contributed by atoms with Gasteiger partial charge in [0.1, 0.15) is 0 Å². The van der Waals surface area contributed by atoms with Crippen LogP contribution < -0.4 is 10.6 Å². The van der Waals surface area contributed by atoms with Crippen LogP contribution in [0.15, 0.2) is 18.2 Å². The fraction of sp³-hybridized carbons (Fsp3) is 0.364. The van der Waals surface area contributed by atoms with Gasteiger partial charge in [0.15, 0.2) is 0 Å². The first-order valence-corrected chi connectivity index (χ1v) is 6.60. The smallest absolute Gasteiger partial charge is 0.274 e. The summed E-state index contributed by atoms with van der Waals surface area (Å²) in [7, 11) is 0. The molecule has 6 nitrogen and oxygen atoms in total. The first-order chi connectivity index (χ1) is 8.58. The maximum absolute atomic E-state index is 11.8. The van der Waals surface area contributed by atoms with E-state index < -0.39 is 4.92 Å². The second-order valence-electron chi connectivity index (χ2n) is 4.02. The van der Waals surface area contributed by atoms with Crippen LogP contribution in [0, 0.1) is 17.0 Å². The topological polar surface area (TPSA) is 84.3 Å². The van der Waals surface area contributed by atoms with Crippen molar-refractivity contribution in [3.05, 3.63) is 33.9 Å². The molecule has 0 bridgehead atoms. The molecule has 0 aromatic heterocycles. The Bertz CT molecular complexity index is 486. The summed E-state index contributed by atoms with van der Waals surface area (Å²) in [6, 6.07) is 4.46. The third-order valence-electron chi connectivity index (χ3n) is 2.71. The van der Waals surface area contributed by atoms with Gasteiger partial charge in [-0.15, -0.1) is 11.8 Å². The van der Waals surface area contributed by atoms with Gasteiger partial charge < -0.3 is 5.32 Å². The molecule has 1 saturated heterocycles. The number of carbonyl (C=O) groups excluding carboxylic acids is 1. The van der Waals surface area contributed by atoms with Gasteiger partial charge in [0.2, 0.25) is 5.91 Å². The third-order valence-corrected chi connectivity index (χ3v) is 3.65. The number of hydrogen-bond acceptors (Lipinski definition) is 5. The van der Waals surface area contributed by atoms with Gasteiger partial charge in [-0.25, -0.2) is 0 Å². The molecule has 18 heavy (non-hydrogen) atoms. The Morgan fingerprint density at radius 1 is 1.61 bits per heavy atom. The molecule has 0 saturated carbocycles. The van der Waals surface area contributed by atoms with Gasteiger partial charge in [-0.2, -0.15) is 0 Å². The zero-order chi connectivity index (χ0) is 13.1. The summed E-state index contributed by atoms with van der Waals surface area (Å²) in [5.41, 5.74) is 1.05. The fourth-order valence-corrected chi connectivity index (χ4v) is 2.62. The quantitative estimate of drug-likeness (QED) is 0.640. The standard InChI is InChI=1S/C11H13N3O3S/c1-7-2-3-8(4-10(7)14(16)17)13-11(15)9-5-18-6-12-9/h2-4,9,12H,5-6H2,1H3,(H,13,15). The molecule has 96 valence electrons. The van der Waals surface area contributed by atoms with Crippen LogP contribution in [-0.4, -0.2) is 28.5 Å². The highest BCUT2D eigenvalue weighted by atomic mass is 32.2. The number of amides is 1. The van der Waals surface area contributed by atoms with E-state index in [1.165, 1.54) is 6.07 Å². The molecule has 1 aromatic carbocycles. The second kappa shape index (κ2) is 5.36. The average molecular weight is 267 g/mol. The molecule has 2 rings (SSSR count). The predicted octanol–water partition coefficient (Wildman–Crippen LogP) is 1.50. The number of nitro benzene ring substituents is 1. The lowest BCUT2D eigenvalue weighted by Gasteiger charge is -2.10. The number of anilines is 1. The van der Waals surface area contributed by atoms with E-state index in [0.29, 0.717) is 11.3 Å². The molecule has 0 radical (unpaired) electrons. The van der Waals surface area contributed by atoms with Gasteiger partial charge in [-0.05, 0) is 13.0 Å². The number of hydrogen-bond donors (Lipinski definition) is 2. The molecule has 1 heterocycles. The Balaban J connectivity index is 2.11. The van der Waals surface area contributed by atoms with Crippen molar-refractivity contribution in [2.75, 3.05) is 16.9 Å². The third kappa shape index (κ3) is 2.80. The highest BCUT2D eigenvalue weighted by Crippen LogP contribution is 2.22. The van der Waals surface area contributed by atoms with Crippen LogP contribution in [0.1, 0.15) is 5.56 Å². The molecule has 1 fully saturated rings. The number of benzene rings is 1. The van der Waals surface area contributed by atoms with Crippen molar-refractivity contribution < 1.29 is 9.72 Å². The minimum atomic E-state index is -0.450. The number of aryl methyl sites for hydroxylation is 1. The van der Waals surface area contributed by atoms with Crippen LogP contribution in [0.25, 0.3) is 0 Å². The maximum Gasteiger partial charge on any atom is 0.274 e. The maximum atomic E-state index is 11.8. The summed E-state index contributed by atoms with van der Waals surface area (Å²) in [6.07, 6.45) is 0. The van der Waals surface area contributed by atoms with E-state index in [1.54, 1.807) is 30.8 Å². The van der Waals surface area contributed by atoms with Crippen molar-refractivity contribution in [1.82, 2.24) is 5.32 Å². The fourth-order valence-electron chi connectivity index (χ4n) is 1.68. The number of thioether (sulfide) groups is 1. The van der Waals surface area contributed by atoms with Crippen LogP contribution in [-0.2, 0) is 4.79 Å². The molecule has 0 aliphatic carbocycles.